The first-order valence-electron chi connectivity index (χ1n) is 7.32. The maximum atomic E-state index is 10.9. The summed E-state index contributed by atoms with van der Waals surface area (Å²) in [6.07, 6.45) is 0. The highest BCUT2D eigenvalue weighted by molar-refractivity contribution is 7.13. The van der Waals surface area contributed by atoms with Crippen molar-refractivity contribution < 1.29 is 19.4 Å². The summed E-state index contributed by atoms with van der Waals surface area (Å²) in [6.45, 7) is 0.898. The molecule has 0 bridgehead atoms. The average molecular weight is 341 g/mol. The largest absolute Gasteiger partial charge is 0.490 e. The molecule has 0 aliphatic carbocycles. The molecule has 2 aromatic carbocycles. The number of aromatic nitrogens is 1. The molecule has 0 radical (unpaired) electrons. The standard InChI is InChI=1S/C18H15NO4S/c20-18(21)16-12-24-17(19-16)13-6-8-15(9-7-13)23-11-10-22-14-4-2-1-3-5-14/h1-9,12H,10-11H2,(H,20,21). The number of carboxylic acids is 1. The second-order valence-electron chi connectivity index (χ2n) is 4.88. The zero-order valence-corrected chi connectivity index (χ0v) is 13.5. The van der Waals surface area contributed by atoms with Gasteiger partial charge in [-0.2, -0.15) is 0 Å². The molecule has 1 heterocycles. The first kappa shape index (κ1) is 16.0. The maximum absolute atomic E-state index is 10.9. The van der Waals surface area contributed by atoms with Crippen LogP contribution in [-0.2, 0) is 0 Å². The van der Waals surface area contributed by atoms with E-state index in [1.54, 1.807) is 0 Å². The molecule has 0 spiro atoms. The minimum Gasteiger partial charge on any atom is -0.490 e. The van der Waals surface area contributed by atoms with Gasteiger partial charge in [0, 0.05) is 10.9 Å². The van der Waals surface area contributed by atoms with Gasteiger partial charge in [0.15, 0.2) is 5.69 Å². The van der Waals surface area contributed by atoms with Crippen LogP contribution in [0.5, 0.6) is 11.5 Å². The van der Waals surface area contributed by atoms with Crippen LogP contribution in [0, 0.1) is 0 Å². The summed E-state index contributed by atoms with van der Waals surface area (Å²) < 4.78 is 11.2. The fraction of sp³-hybridized carbons (Fsp3) is 0.111. The van der Waals surface area contributed by atoms with Gasteiger partial charge in [-0.3, -0.25) is 0 Å². The minimum absolute atomic E-state index is 0.0633. The molecule has 0 fully saturated rings. The molecule has 1 N–H and O–H groups in total. The summed E-state index contributed by atoms with van der Waals surface area (Å²) in [7, 11) is 0. The van der Waals surface area contributed by atoms with Crippen LogP contribution in [0.4, 0.5) is 0 Å². The first-order chi connectivity index (χ1) is 11.7. The van der Waals surface area contributed by atoms with Crippen LogP contribution in [0.25, 0.3) is 10.6 Å². The van der Waals surface area contributed by atoms with Crippen molar-refractivity contribution in [3.8, 4) is 22.1 Å². The zero-order chi connectivity index (χ0) is 16.8. The van der Waals surface area contributed by atoms with E-state index in [2.05, 4.69) is 4.98 Å². The van der Waals surface area contributed by atoms with E-state index in [1.165, 1.54) is 16.7 Å². The van der Waals surface area contributed by atoms with E-state index in [0.29, 0.717) is 18.2 Å². The summed E-state index contributed by atoms with van der Waals surface area (Å²) in [4.78, 5) is 14.9. The molecule has 0 unspecified atom stereocenters. The Labute approximate surface area is 143 Å². The lowest BCUT2D eigenvalue weighted by Gasteiger charge is -2.08. The van der Waals surface area contributed by atoms with Crippen molar-refractivity contribution in [1.82, 2.24) is 4.98 Å². The van der Waals surface area contributed by atoms with Crippen LogP contribution in [0.15, 0.2) is 60.0 Å². The number of carboxylic acid groups (broad SMARTS) is 1. The van der Waals surface area contributed by atoms with Crippen molar-refractivity contribution in [2.45, 2.75) is 0 Å². The Hall–Kier alpha value is -2.86. The van der Waals surface area contributed by atoms with Gasteiger partial charge in [0.1, 0.15) is 29.7 Å². The highest BCUT2D eigenvalue weighted by Gasteiger charge is 2.10. The van der Waals surface area contributed by atoms with Crippen molar-refractivity contribution in [2.75, 3.05) is 13.2 Å². The van der Waals surface area contributed by atoms with Crippen LogP contribution >= 0.6 is 11.3 Å². The lowest BCUT2D eigenvalue weighted by molar-refractivity contribution is 0.0691. The summed E-state index contributed by atoms with van der Waals surface area (Å²) >= 11 is 1.30. The number of nitrogens with zero attached hydrogens (tertiary/aromatic N) is 1. The molecular weight excluding hydrogens is 326 g/mol. The van der Waals surface area contributed by atoms with E-state index >= 15 is 0 Å². The summed E-state index contributed by atoms with van der Waals surface area (Å²) in [5.41, 5.74) is 0.925. The Morgan fingerprint density at radius 2 is 1.58 bits per heavy atom. The highest BCUT2D eigenvalue weighted by Crippen LogP contribution is 2.25. The van der Waals surface area contributed by atoms with Crippen LogP contribution in [0.2, 0.25) is 0 Å². The number of para-hydroxylation sites is 1. The van der Waals surface area contributed by atoms with E-state index < -0.39 is 5.97 Å². The molecule has 1 aromatic heterocycles. The average Bonchev–Trinajstić information content (AvgIpc) is 3.11. The normalized spacial score (nSPS) is 10.3. The van der Waals surface area contributed by atoms with Crippen molar-refractivity contribution in [2.24, 2.45) is 0 Å². The van der Waals surface area contributed by atoms with Crippen LogP contribution in [-0.4, -0.2) is 29.3 Å². The van der Waals surface area contributed by atoms with E-state index in [9.17, 15) is 4.79 Å². The number of carbonyl (C=O) groups is 1. The van der Waals surface area contributed by atoms with Crippen LogP contribution < -0.4 is 9.47 Å². The highest BCUT2D eigenvalue weighted by atomic mass is 32.1. The first-order valence-corrected chi connectivity index (χ1v) is 8.20. The summed E-state index contributed by atoms with van der Waals surface area (Å²) in [6, 6.07) is 17.0. The topological polar surface area (TPSA) is 68.7 Å². The second-order valence-corrected chi connectivity index (χ2v) is 5.74. The number of rotatable bonds is 7. The predicted molar refractivity (Wildman–Crippen MR) is 91.9 cm³/mol. The quantitative estimate of drug-likeness (QED) is 0.659. The molecule has 3 rings (SSSR count). The Bertz CT molecular complexity index is 799. The van der Waals surface area contributed by atoms with Crippen molar-refractivity contribution in [1.29, 1.82) is 0 Å². The number of hydrogen-bond acceptors (Lipinski definition) is 5. The predicted octanol–water partition coefficient (Wildman–Crippen LogP) is 3.97. The summed E-state index contributed by atoms with van der Waals surface area (Å²) in [5, 5.41) is 11.1. The van der Waals surface area contributed by atoms with E-state index in [-0.39, 0.29) is 5.69 Å². The third-order valence-corrected chi connectivity index (χ3v) is 4.08. The van der Waals surface area contributed by atoms with Crippen molar-refractivity contribution >= 4 is 17.3 Å². The molecule has 24 heavy (non-hydrogen) atoms. The Morgan fingerprint density at radius 3 is 2.17 bits per heavy atom. The number of ether oxygens (including phenoxy) is 2. The second kappa shape index (κ2) is 7.61. The monoisotopic (exact) mass is 341 g/mol. The third kappa shape index (κ3) is 4.11. The fourth-order valence-corrected chi connectivity index (χ4v) is 2.83. The summed E-state index contributed by atoms with van der Waals surface area (Å²) in [5.74, 6) is 0.524. The number of aromatic carboxylic acids is 1. The number of hydrogen-bond donors (Lipinski definition) is 1. The minimum atomic E-state index is -1.02. The van der Waals surface area contributed by atoms with Gasteiger partial charge in [-0.1, -0.05) is 18.2 Å². The van der Waals surface area contributed by atoms with Crippen LogP contribution in [0.1, 0.15) is 10.5 Å². The number of benzene rings is 2. The smallest absolute Gasteiger partial charge is 0.355 e. The van der Waals surface area contributed by atoms with Gasteiger partial charge in [0.05, 0.1) is 0 Å². The van der Waals surface area contributed by atoms with E-state index in [4.69, 9.17) is 14.6 Å². The Balaban J connectivity index is 1.51. The van der Waals surface area contributed by atoms with Gasteiger partial charge in [0.25, 0.3) is 0 Å². The molecule has 0 aliphatic heterocycles. The molecule has 0 saturated carbocycles. The molecule has 0 amide bonds. The van der Waals surface area contributed by atoms with Crippen molar-refractivity contribution in [3.05, 3.63) is 65.7 Å². The Morgan fingerprint density at radius 1 is 0.958 bits per heavy atom. The zero-order valence-electron chi connectivity index (χ0n) is 12.7. The lowest BCUT2D eigenvalue weighted by atomic mass is 10.2. The Kier molecular flexibility index (Phi) is 5.08. The molecule has 6 heteroatoms. The maximum Gasteiger partial charge on any atom is 0.355 e. The molecule has 0 atom stereocenters. The SMILES string of the molecule is O=C(O)c1csc(-c2ccc(OCCOc3ccccc3)cc2)n1. The van der Waals surface area contributed by atoms with E-state index in [0.717, 1.165) is 17.1 Å². The molecule has 0 saturated heterocycles. The van der Waals surface area contributed by atoms with Gasteiger partial charge in [-0.05, 0) is 36.4 Å². The van der Waals surface area contributed by atoms with Gasteiger partial charge in [-0.15, -0.1) is 11.3 Å². The fourth-order valence-electron chi connectivity index (χ4n) is 2.03. The van der Waals surface area contributed by atoms with Gasteiger partial charge >= 0.3 is 5.97 Å². The molecule has 5 nitrogen and oxygen atoms in total. The van der Waals surface area contributed by atoms with Crippen molar-refractivity contribution in [3.63, 3.8) is 0 Å². The van der Waals surface area contributed by atoms with Gasteiger partial charge < -0.3 is 14.6 Å². The lowest BCUT2D eigenvalue weighted by Crippen LogP contribution is -2.08. The molecular formula is C18H15NO4S. The molecule has 122 valence electrons. The van der Waals surface area contributed by atoms with Crippen LogP contribution in [0.3, 0.4) is 0 Å². The molecule has 3 aromatic rings. The van der Waals surface area contributed by atoms with Gasteiger partial charge in [0.2, 0.25) is 0 Å². The molecule has 0 aliphatic rings. The number of thiazole rings is 1. The van der Waals surface area contributed by atoms with Gasteiger partial charge in [-0.25, -0.2) is 9.78 Å². The third-order valence-electron chi connectivity index (χ3n) is 3.19. The van der Waals surface area contributed by atoms with E-state index in [1.807, 2.05) is 54.6 Å².